The van der Waals surface area contributed by atoms with Crippen molar-refractivity contribution in [2.45, 2.75) is 30.1 Å². The molecule has 172 valence electrons. The van der Waals surface area contributed by atoms with Crippen molar-refractivity contribution < 1.29 is 38.9 Å². The van der Waals surface area contributed by atoms with Crippen LogP contribution in [0.25, 0.3) is 0 Å². The summed E-state index contributed by atoms with van der Waals surface area (Å²) >= 11 is 2.74. The number of rotatable bonds is 12. The lowest BCUT2D eigenvalue weighted by atomic mass is 10.2. The molecule has 30 heavy (non-hydrogen) atoms. The molecular formula is C15H25N2O10PS2. The lowest BCUT2D eigenvalue weighted by molar-refractivity contribution is -0.0451. The molecule has 0 saturated carbocycles. The minimum Gasteiger partial charge on any atom is -0.396 e. The maximum Gasteiger partial charge on any atom is 0.469 e. The summed E-state index contributed by atoms with van der Waals surface area (Å²) in [6.07, 6.45) is -1.89. The summed E-state index contributed by atoms with van der Waals surface area (Å²) in [5, 5.41) is 27.8. The van der Waals surface area contributed by atoms with Gasteiger partial charge in [0.2, 0.25) is 0 Å². The second kappa shape index (κ2) is 11.8. The van der Waals surface area contributed by atoms with Crippen LogP contribution in [0.1, 0.15) is 23.5 Å². The van der Waals surface area contributed by atoms with Crippen molar-refractivity contribution in [2.75, 3.05) is 37.1 Å². The highest BCUT2D eigenvalue weighted by Gasteiger charge is 2.37. The minimum absolute atomic E-state index is 0.0240. The number of aliphatic hydroxyl groups excluding tert-OH is 3. The fourth-order valence-corrected chi connectivity index (χ4v) is 5.27. The Morgan fingerprint density at radius 2 is 2.00 bits per heavy atom. The van der Waals surface area contributed by atoms with E-state index in [1.807, 2.05) is 0 Å². The van der Waals surface area contributed by atoms with Gasteiger partial charge >= 0.3 is 13.5 Å². The second-order valence-corrected chi connectivity index (χ2v) is 10.1. The monoisotopic (exact) mass is 488 g/mol. The van der Waals surface area contributed by atoms with Gasteiger partial charge < -0.3 is 29.8 Å². The number of aromatic nitrogens is 2. The first-order valence-electron chi connectivity index (χ1n) is 8.96. The third kappa shape index (κ3) is 7.48. The van der Waals surface area contributed by atoms with E-state index in [4.69, 9.17) is 24.7 Å². The number of ether oxygens (including phenoxy) is 1. The summed E-state index contributed by atoms with van der Waals surface area (Å²) in [4.78, 5) is 44.5. The predicted octanol–water partition coefficient (Wildman–Crippen LogP) is -1.21. The number of phosphoric ester groups is 1. The molecule has 1 fully saturated rings. The Kier molecular flexibility index (Phi) is 10.1. The smallest absolute Gasteiger partial charge is 0.396 e. The highest BCUT2D eigenvalue weighted by Crippen LogP contribution is 2.38. The van der Waals surface area contributed by atoms with Gasteiger partial charge in [-0.25, -0.2) is 9.36 Å². The standard InChI is InChI=1S/C15H25N2O10PS2/c18-1-3-29-8-12(30-4-2-19)9-6-17(15(22)16-14(9)21)13-5-10(20)11(27-13)7-26-28(23,24)25/h6,10-13,18-20H,1-5,7-8H2,(H,16,21,22)(H2,23,24,25)/t10-,11+,12?,13+/m0/s1. The Hall–Kier alpha value is -0.670. The van der Waals surface area contributed by atoms with Crippen molar-refractivity contribution in [1.29, 1.82) is 0 Å². The summed E-state index contributed by atoms with van der Waals surface area (Å²) in [6, 6.07) is 0. The lowest BCUT2D eigenvalue weighted by Gasteiger charge is -2.19. The first-order valence-corrected chi connectivity index (χ1v) is 12.7. The zero-order valence-corrected chi connectivity index (χ0v) is 18.4. The van der Waals surface area contributed by atoms with E-state index in [-0.39, 0.29) is 30.4 Å². The molecule has 1 unspecified atom stereocenters. The zero-order chi connectivity index (χ0) is 22.3. The second-order valence-electron chi connectivity index (χ2n) is 6.35. The normalized spacial score (nSPS) is 23.0. The summed E-state index contributed by atoms with van der Waals surface area (Å²) in [7, 11) is -4.75. The average molecular weight is 488 g/mol. The van der Waals surface area contributed by atoms with E-state index in [0.29, 0.717) is 17.3 Å². The predicted molar refractivity (Wildman–Crippen MR) is 111 cm³/mol. The molecule has 0 radical (unpaired) electrons. The molecule has 0 spiro atoms. The molecule has 0 bridgehead atoms. The van der Waals surface area contributed by atoms with Crippen molar-refractivity contribution in [3.05, 3.63) is 32.6 Å². The molecule has 0 amide bonds. The Labute approximate surface area is 179 Å². The molecule has 6 N–H and O–H groups in total. The van der Waals surface area contributed by atoms with Crippen molar-refractivity contribution in [2.24, 2.45) is 0 Å². The van der Waals surface area contributed by atoms with Crippen LogP contribution in [0.5, 0.6) is 0 Å². The largest absolute Gasteiger partial charge is 0.469 e. The molecule has 2 rings (SSSR count). The van der Waals surface area contributed by atoms with Crippen molar-refractivity contribution in [3.8, 4) is 0 Å². The van der Waals surface area contributed by atoms with Crippen LogP contribution in [0.15, 0.2) is 15.8 Å². The Morgan fingerprint density at radius 3 is 2.63 bits per heavy atom. The Bertz CT molecular complexity index is 843. The van der Waals surface area contributed by atoms with Gasteiger partial charge in [0.25, 0.3) is 5.56 Å². The highest BCUT2D eigenvalue weighted by molar-refractivity contribution is 8.03. The van der Waals surface area contributed by atoms with Crippen LogP contribution >= 0.6 is 31.3 Å². The fraction of sp³-hybridized carbons (Fsp3) is 0.733. The number of thioether (sulfide) groups is 2. The van der Waals surface area contributed by atoms with Gasteiger partial charge in [0.15, 0.2) is 0 Å². The van der Waals surface area contributed by atoms with Crippen LogP contribution < -0.4 is 11.2 Å². The molecule has 0 aliphatic carbocycles. The van der Waals surface area contributed by atoms with E-state index in [9.17, 15) is 19.3 Å². The fourth-order valence-electron chi connectivity index (χ4n) is 2.83. The lowest BCUT2D eigenvalue weighted by Crippen LogP contribution is -2.35. The summed E-state index contributed by atoms with van der Waals surface area (Å²) in [5.74, 6) is 1.29. The van der Waals surface area contributed by atoms with Crippen LogP contribution in [-0.2, 0) is 13.8 Å². The zero-order valence-electron chi connectivity index (χ0n) is 15.8. The van der Waals surface area contributed by atoms with Crippen LogP contribution in [0.2, 0.25) is 0 Å². The van der Waals surface area contributed by atoms with Crippen LogP contribution in [-0.4, -0.2) is 83.9 Å². The Morgan fingerprint density at radius 1 is 1.30 bits per heavy atom. The quantitative estimate of drug-likeness (QED) is 0.152. The molecule has 1 aromatic heterocycles. The maximum atomic E-state index is 12.4. The molecule has 1 aliphatic heterocycles. The van der Waals surface area contributed by atoms with E-state index in [2.05, 4.69) is 9.51 Å². The number of aromatic amines is 1. The van der Waals surface area contributed by atoms with Gasteiger partial charge in [-0.1, -0.05) is 0 Å². The van der Waals surface area contributed by atoms with Crippen LogP contribution in [0.3, 0.4) is 0 Å². The first kappa shape index (κ1) is 25.6. The molecular weight excluding hydrogens is 463 g/mol. The topological polar surface area (TPSA) is 192 Å². The number of aliphatic hydroxyl groups is 3. The molecule has 1 aliphatic rings. The number of hydrogen-bond acceptors (Lipinski definition) is 10. The van der Waals surface area contributed by atoms with Crippen molar-refractivity contribution in [1.82, 2.24) is 9.55 Å². The molecule has 1 saturated heterocycles. The van der Waals surface area contributed by atoms with E-state index in [1.54, 1.807) is 0 Å². The minimum atomic E-state index is -4.75. The van der Waals surface area contributed by atoms with E-state index >= 15 is 0 Å². The van der Waals surface area contributed by atoms with Gasteiger partial charge in [-0.3, -0.25) is 18.9 Å². The van der Waals surface area contributed by atoms with Gasteiger partial charge in [0.05, 0.1) is 25.9 Å². The third-order valence-electron chi connectivity index (χ3n) is 4.18. The van der Waals surface area contributed by atoms with Gasteiger partial charge in [-0.15, -0.1) is 0 Å². The molecule has 1 aromatic rings. The van der Waals surface area contributed by atoms with Crippen molar-refractivity contribution >= 4 is 31.3 Å². The molecule has 12 nitrogen and oxygen atoms in total. The number of nitrogens with one attached hydrogen (secondary N) is 1. The first-order chi connectivity index (χ1) is 14.2. The Balaban J connectivity index is 2.23. The van der Waals surface area contributed by atoms with Crippen molar-refractivity contribution in [3.63, 3.8) is 0 Å². The van der Waals surface area contributed by atoms with Crippen LogP contribution in [0.4, 0.5) is 0 Å². The maximum absolute atomic E-state index is 12.4. The summed E-state index contributed by atoms with van der Waals surface area (Å²) < 4.78 is 21.9. The molecule has 0 aromatic carbocycles. The number of nitrogens with zero attached hydrogens (tertiary/aromatic N) is 1. The van der Waals surface area contributed by atoms with Gasteiger partial charge in [-0.05, 0) is 0 Å². The molecule has 15 heteroatoms. The van der Waals surface area contributed by atoms with E-state index in [0.717, 1.165) is 4.57 Å². The number of hydrogen-bond donors (Lipinski definition) is 6. The third-order valence-corrected chi connectivity index (χ3v) is 7.16. The van der Waals surface area contributed by atoms with E-state index in [1.165, 1.54) is 29.7 Å². The average Bonchev–Trinajstić information content (AvgIpc) is 3.03. The SMILES string of the molecule is O=c1[nH]c(=O)n([C@H]2C[C@H](O)[C@@H](COP(=O)(O)O)O2)cc1C(CSCCO)SCCO. The van der Waals surface area contributed by atoms with E-state index < -0.39 is 44.1 Å². The summed E-state index contributed by atoms with van der Waals surface area (Å²) in [6.45, 7) is -0.688. The van der Waals surface area contributed by atoms with Gasteiger partial charge in [-0.2, -0.15) is 23.5 Å². The molecule has 2 heterocycles. The van der Waals surface area contributed by atoms with Gasteiger partial charge in [0, 0.05) is 40.7 Å². The van der Waals surface area contributed by atoms with Crippen LogP contribution in [0, 0.1) is 0 Å². The highest BCUT2D eigenvalue weighted by atomic mass is 32.2. The molecule has 4 atom stereocenters. The van der Waals surface area contributed by atoms with Gasteiger partial charge in [0.1, 0.15) is 12.3 Å². The number of phosphoric acid groups is 1. The summed E-state index contributed by atoms with van der Waals surface area (Å²) in [5.41, 5.74) is -1.07. The number of H-pyrrole nitrogens is 1.